The smallest absolute Gasteiger partial charge is 0.135 e. The van der Waals surface area contributed by atoms with Crippen molar-refractivity contribution in [3.05, 3.63) is 89.8 Å². The van der Waals surface area contributed by atoms with Crippen LogP contribution in [-0.2, 0) is 11.8 Å². The monoisotopic (exact) mass is 503 g/mol. The summed E-state index contributed by atoms with van der Waals surface area (Å²) < 4.78 is 7.50. The summed E-state index contributed by atoms with van der Waals surface area (Å²) in [6.45, 7) is 13.5. The molecule has 0 spiro atoms. The SMILES string of the molecule is Cc1oc2cc(CC(C)C)ccc2c1-c1cc2ccnc(-c3cc(C(C)(C)C)c4ccccc4c3)c2s1. The van der Waals surface area contributed by atoms with Gasteiger partial charge in [-0.15, -0.1) is 11.3 Å². The molecule has 0 aliphatic rings. The average Bonchev–Trinajstić information content (AvgIpc) is 3.41. The molecule has 2 nitrogen and oxygen atoms in total. The molecule has 0 N–H and O–H groups in total. The zero-order valence-corrected chi connectivity index (χ0v) is 23.3. The number of hydrogen-bond acceptors (Lipinski definition) is 3. The molecule has 0 unspecified atom stereocenters. The molecule has 186 valence electrons. The van der Waals surface area contributed by atoms with E-state index in [9.17, 15) is 0 Å². The summed E-state index contributed by atoms with van der Waals surface area (Å²) in [7, 11) is 0. The van der Waals surface area contributed by atoms with E-state index in [4.69, 9.17) is 9.40 Å². The van der Waals surface area contributed by atoms with Crippen LogP contribution in [-0.4, -0.2) is 4.98 Å². The van der Waals surface area contributed by atoms with Crippen LogP contribution in [0.3, 0.4) is 0 Å². The van der Waals surface area contributed by atoms with Gasteiger partial charge < -0.3 is 4.42 Å². The molecule has 0 bridgehead atoms. The molecule has 0 amide bonds. The van der Waals surface area contributed by atoms with E-state index in [2.05, 4.69) is 108 Å². The molecular weight excluding hydrogens is 470 g/mol. The molecule has 0 aliphatic carbocycles. The lowest BCUT2D eigenvalue weighted by Crippen LogP contribution is -2.12. The zero-order chi connectivity index (χ0) is 25.9. The fourth-order valence-corrected chi connectivity index (χ4v) is 6.80. The molecule has 0 radical (unpaired) electrons. The molecule has 6 rings (SSSR count). The molecular formula is C34H33NOS. The third-order valence-corrected chi connectivity index (χ3v) is 8.37. The Morgan fingerprint density at radius 3 is 2.49 bits per heavy atom. The van der Waals surface area contributed by atoms with E-state index >= 15 is 0 Å². The van der Waals surface area contributed by atoms with Crippen molar-refractivity contribution in [2.75, 3.05) is 0 Å². The first-order chi connectivity index (χ1) is 17.7. The number of aromatic nitrogens is 1. The van der Waals surface area contributed by atoms with E-state index in [1.807, 2.05) is 17.5 Å². The van der Waals surface area contributed by atoms with Crippen LogP contribution in [0, 0.1) is 12.8 Å². The summed E-state index contributed by atoms with van der Waals surface area (Å²) in [4.78, 5) is 6.14. The number of fused-ring (bicyclic) bond motifs is 3. The summed E-state index contributed by atoms with van der Waals surface area (Å²) in [6, 6.07) is 24.5. The maximum absolute atomic E-state index is 6.28. The number of nitrogens with zero attached hydrogens (tertiary/aromatic N) is 1. The lowest BCUT2D eigenvalue weighted by atomic mass is 9.82. The Hall–Kier alpha value is -3.43. The molecule has 0 saturated heterocycles. The maximum Gasteiger partial charge on any atom is 0.135 e. The summed E-state index contributed by atoms with van der Waals surface area (Å²) in [5.74, 6) is 1.59. The van der Waals surface area contributed by atoms with Gasteiger partial charge in [-0.1, -0.05) is 71.0 Å². The third-order valence-electron chi connectivity index (χ3n) is 7.20. The van der Waals surface area contributed by atoms with Crippen LogP contribution in [0.15, 0.2) is 77.3 Å². The fraction of sp³-hybridized carbons (Fsp3) is 0.265. The molecule has 0 fully saturated rings. The van der Waals surface area contributed by atoms with Crippen molar-refractivity contribution < 1.29 is 4.42 Å². The number of hydrogen-bond donors (Lipinski definition) is 0. The predicted molar refractivity (Wildman–Crippen MR) is 160 cm³/mol. The number of thiophene rings is 1. The summed E-state index contributed by atoms with van der Waals surface area (Å²) in [5, 5.41) is 4.98. The molecule has 0 aliphatic heterocycles. The lowest BCUT2D eigenvalue weighted by Gasteiger charge is -2.22. The van der Waals surface area contributed by atoms with Crippen molar-refractivity contribution in [1.82, 2.24) is 4.98 Å². The van der Waals surface area contributed by atoms with Crippen LogP contribution < -0.4 is 0 Å². The highest BCUT2D eigenvalue weighted by atomic mass is 32.1. The van der Waals surface area contributed by atoms with Crippen molar-refractivity contribution in [2.45, 2.75) is 53.4 Å². The normalized spacial score (nSPS) is 12.4. The maximum atomic E-state index is 6.28. The molecule has 3 aromatic carbocycles. The fourth-order valence-electron chi connectivity index (χ4n) is 5.53. The molecule has 3 heteroatoms. The Labute approximate surface area is 223 Å². The lowest BCUT2D eigenvalue weighted by molar-refractivity contribution is 0.578. The molecule has 3 heterocycles. The highest BCUT2D eigenvalue weighted by Gasteiger charge is 2.21. The van der Waals surface area contributed by atoms with Crippen molar-refractivity contribution in [1.29, 1.82) is 0 Å². The second-order valence-corrected chi connectivity index (χ2v) is 12.7. The second kappa shape index (κ2) is 8.85. The Kier molecular flexibility index (Phi) is 5.72. The van der Waals surface area contributed by atoms with Gasteiger partial charge in [0.15, 0.2) is 0 Å². The number of pyridine rings is 1. The average molecular weight is 504 g/mol. The first kappa shape index (κ1) is 23.9. The topological polar surface area (TPSA) is 26.0 Å². The van der Waals surface area contributed by atoms with E-state index < -0.39 is 0 Å². The Bertz CT molecular complexity index is 1780. The van der Waals surface area contributed by atoms with Crippen molar-refractivity contribution in [3.63, 3.8) is 0 Å². The van der Waals surface area contributed by atoms with Crippen LogP contribution in [0.4, 0.5) is 0 Å². The molecule has 6 aromatic rings. The van der Waals surface area contributed by atoms with E-state index in [1.165, 1.54) is 53.4 Å². The van der Waals surface area contributed by atoms with Crippen LogP contribution in [0.1, 0.15) is 51.5 Å². The predicted octanol–water partition coefficient (Wildman–Crippen LogP) is 10.3. The van der Waals surface area contributed by atoms with Gasteiger partial charge in [0.1, 0.15) is 11.3 Å². The highest BCUT2D eigenvalue weighted by molar-refractivity contribution is 7.22. The second-order valence-electron chi connectivity index (χ2n) is 11.6. The van der Waals surface area contributed by atoms with E-state index in [0.29, 0.717) is 5.92 Å². The van der Waals surface area contributed by atoms with Gasteiger partial charge in [-0.25, -0.2) is 0 Å². The van der Waals surface area contributed by atoms with E-state index in [0.717, 1.165) is 23.5 Å². The van der Waals surface area contributed by atoms with Gasteiger partial charge in [0, 0.05) is 27.6 Å². The minimum absolute atomic E-state index is 0.0331. The highest BCUT2D eigenvalue weighted by Crippen LogP contribution is 2.44. The van der Waals surface area contributed by atoms with Gasteiger partial charge >= 0.3 is 0 Å². The van der Waals surface area contributed by atoms with Crippen LogP contribution in [0.25, 0.3) is 53.5 Å². The first-order valence-electron chi connectivity index (χ1n) is 13.1. The van der Waals surface area contributed by atoms with Crippen LogP contribution in [0.5, 0.6) is 0 Å². The minimum Gasteiger partial charge on any atom is -0.461 e. The Morgan fingerprint density at radius 1 is 0.892 bits per heavy atom. The standard InChI is InChI=1S/C34H33NOS/c1-20(2)15-22-11-12-27-29(16-22)36-21(3)31(27)30-19-24-13-14-35-32(33(24)37-30)25-17-23-9-7-8-10-26(23)28(18-25)34(4,5)6/h7-14,16-20H,15H2,1-6H3. The van der Waals surface area contributed by atoms with E-state index in [-0.39, 0.29) is 5.41 Å². The third kappa shape index (κ3) is 4.26. The molecule has 0 atom stereocenters. The Morgan fingerprint density at radius 2 is 1.70 bits per heavy atom. The van der Waals surface area contributed by atoms with E-state index in [1.54, 1.807) is 0 Å². The van der Waals surface area contributed by atoms with Gasteiger partial charge in [-0.2, -0.15) is 0 Å². The number of furan rings is 1. The number of aryl methyl sites for hydroxylation is 1. The summed E-state index contributed by atoms with van der Waals surface area (Å²) in [5.41, 5.74) is 7.12. The summed E-state index contributed by atoms with van der Waals surface area (Å²) in [6.07, 6.45) is 3.00. The van der Waals surface area contributed by atoms with Gasteiger partial charge in [-0.05, 0) is 82.3 Å². The zero-order valence-electron chi connectivity index (χ0n) is 22.5. The molecule has 37 heavy (non-hydrogen) atoms. The van der Waals surface area contributed by atoms with Crippen molar-refractivity contribution in [3.8, 4) is 21.7 Å². The largest absolute Gasteiger partial charge is 0.461 e. The van der Waals surface area contributed by atoms with Crippen molar-refractivity contribution >= 4 is 43.2 Å². The molecule has 3 aromatic heterocycles. The van der Waals surface area contributed by atoms with Gasteiger partial charge in [0.05, 0.1) is 10.4 Å². The minimum atomic E-state index is 0.0331. The quantitative estimate of drug-likeness (QED) is 0.239. The van der Waals surface area contributed by atoms with Crippen LogP contribution >= 0.6 is 11.3 Å². The van der Waals surface area contributed by atoms with Crippen LogP contribution in [0.2, 0.25) is 0 Å². The first-order valence-corrected chi connectivity index (χ1v) is 14.0. The summed E-state index contributed by atoms with van der Waals surface area (Å²) >= 11 is 1.82. The number of benzene rings is 3. The van der Waals surface area contributed by atoms with Crippen molar-refractivity contribution in [2.24, 2.45) is 5.92 Å². The van der Waals surface area contributed by atoms with Gasteiger partial charge in [0.25, 0.3) is 0 Å². The molecule has 0 saturated carbocycles. The van der Waals surface area contributed by atoms with Gasteiger partial charge in [0.2, 0.25) is 0 Å². The van der Waals surface area contributed by atoms with Gasteiger partial charge in [-0.3, -0.25) is 4.98 Å². The Balaban J connectivity index is 1.52. The number of rotatable bonds is 4.